The highest BCUT2D eigenvalue weighted by atomic mass is 16.5. The number of hydrogen-bond acceptors (Lipinski definition) is 3. The van der Waals surface area contributed by atoms with Gasteiger partial charge in [0, 0.05) is 13.7 Å². The van der Waals surface area contributed by atoms with Gasteiger partial charge in [-0.1, -0.05) is 26.7 Å². The Morgan fingerprint density at radius 1 is 1.50 bits per heavy atom. The van der Waals surface area contributed by atoms with Crippen LogP contribution in [0, 0.1) is 5.92 Å². The van der Waals surface area contributed by atoms with E-state index < -0.39 is 0 Å². The SMILES string of the molecule is CCC1NC2(CCCC2)C(=O)N1CC(C)COC. The van der Waals surface area contributed by atoms with E-state index in [2.05, 4.69) is 24.1 Å². The molecule has 2 rings (SSSR count). The molecule has 0 radical (unpaired) electrons. The van der Waals surface area contributed by atoms with Crippen LogP contribution in [0.5, 0.6) is 0 Å². The van der Waals surface area contributed by atoms with Crippen LogP contribution in [0.1, 0.15) is 46.0 Å². The first-order chi connectivity index (χ1) is 8.63. The standard InChI is InChI=1S/C14H26N2O2/c1-4-12-15-14(7-5-6-8-14)13(17)16(12)9-11(2)10-18-3/h11-12,15H,4-10H2,1-3H3. The second-order valence-electron chi connectivity index (χ2n) is 5.88. The minimum atomic E-state index is -0.229. The molecular weight excluding hydrogens is 228 g/mol. The first-order valence-corrected chi connectivity index (χ1v) is 7.20. The number of hydrogen-bond donors (Lipinski definition) is 1. The van der Waals surface area contributed by atoms with Crippen molar-refractivity contribution in [1.82, 2.24) is 10.2 Å². The summed E-state index contributed by atoms with van der Waals surface area (Å²) in [5.41, 5.74) is -0.229. The van der Waals surface area contributed by atoms with Crippen LogP contribution >= 0.6 is 0 Å². The van der Waals surface area contributed by atoms with E-state index in [1.807, 2.05) is 0 Å². The molecule has 4 heteroatoms. The van der Waals surface area contributed by atoms with E-state index in [9.17, 15) is 4.79 Å². The molecule has 2 aliphatic rings. The van der Waals surface area contributed by atoms with Gasteiger partial charge in [0.15, 0.2) is 0 Å². The minimum absolute atomic E-state index is 0.218. The summed E-state index contributed by atoms with van der Waals surface area (Å²) in [5, 5.41) is 3.60. The number of carbonyl (C=O) groups excluding carboxylic acids is 1. The molecular formula is C14H26N2O2. The Kier molecular flexibility index (Phi) is 4.28. The lowest BCUT2D eigenvalue weighted by atomic mass is 9.98. The molecule has 0 aromatic heterocycles. The van der Waals surface area contributed by atoms with Gasteiger partial charge in [0.1, 0.15) is 0 Å². The van der Waals surface area contributed by atoms with Crippen LogP contribution in [-0.2, 0) is 9.53 Å². The number of nitrogens with one attached hydrogen (secondary N) is 1. The summed E-state index contributed by atoms with van der Waals surface area (Å²) in [7, 11) is 1.72. The lowest BCUT2D eigenvalue weighted by Crippen LogP contribution is -2.44. The first kappa shape index (κ1) is 13.8. The van der Waals surface area contributed by atoms with Gasteiger partial charge in [-0.25, -0.2) is 0 Å². The van der Waals surface area contributed by atoms with Crippen molar-refractivity contribution in [3.8, 4) is 0 Å². The molecule has 2 atom stereocenters. The van der Waals surface area contributed by atoms with Crippen LogP contribution in [0.4, 0.5) is 0 Å². The molecule has 4 nitrogen and oxygen atoms in total. The lowest BCUT2D eigenvalue weighted by Gasteiger charge is -2.26. The van der Waals surface area contributed by atoms with Crippen LogP contribution < -0.4 is 5.32 Å². The van der Waals surface area contributed by atoms with E-state index in [1.54, 1.807) is 7.11 Å². The average molecular weight is 254 g/mol. The summed E-state index contributed by atoms with van der Waals surface area (Å²) in [6.45, 7) is 5.81. The van der Waals surface area contributed by atoms with Crippen molar-refractivity contribution in [2.75, 3.05) is 20.3 Å². The van der Waals surface area contributed by atoms with Crippen LogP contribution in [-0.4, -0.2) is 42.8 Å². The maximum Gasteiger partial charge on any atom is 0.244 e. The maximum atomic E-state index is 12.7. The number of rotatable bonds is 5. The van der Waals surface area contributed by atoms with Crippen molar-refractivity contribution in [3.05, 3.63) is 0 Å². The van der Waals surface area contributed by atoms with Gasteiger partial charge in [-0.15, -0.1) is 0 Å². The molecule has 2 fully saturated rings. The summed E-state index contributed by atoms with van der Waals surface area (Å²) in [6.07, 6.45) is 5.57. The quantitative estimate of drug-likeness (QED) is 0.812. The Bertz CT molecular complexity index is 300. The van der Waals surface area contributed by atoms with Gasteiger partial charge in [0.25, 0.3) is 0 Å². The highest BCUT2D eigenvalue weighted by molar-refractivity contribution is 5.89. The Morgan fingerprint density at radius 3 is 2.72 bits per heavy atom. The van der Waals surface area contributed by atoms with Gasteiger partial charge in [0.2, 0.25) is 5.91 Å². The number of amides is 1. The van der Waals surface area contributed by atoms with Gasteiger partial charge in [-0.2, -0.15) is 0 Å². The highest BCUT2D eigenvalue weighted by Gasteiger charge is 2.51. The fourth-order valence-corrected chi connectivity index (χ4v) is 3.42. The van der Waals surface area contributed by atoms with Crippen LogP contribution in [0.25, 0.3) is 0 Å². The van der Waals surface area contributed by atoms with Gasteiger partial charge >= 0.3 is 0 Å². The molecule has 104 valence electrons. The molecule has 1 N–H and O–H groups in total. The molecule has 1 saturated carbocycles. The molecule has 1 aliphatic carbocycles. The fourth-order valence-electron chi connectivity index (χ4n) is 3.42. The van der Waals surface area contributed by atoms with E-state index in [4.69, 9.17) is 4.74 Å². The molecule has 0 aromatic rings. The summed E-state index contributed by atoms with van der Waals surface area (Å²) in [4.78, 5) is 14.7. The predicted octanol–water partition coefficient (Wildman–Crippen LogP) is 1.75. The summed E-state index contributed by atoms with van der Waals surface area (Å²) >= 11 is 0. The summed E-state index contributed by atoms with van der Waals surface area (Å²) in [5.74, 6) is 0.723. The Labute approximate surface area is 110 Å². The molecule has 1 spiro atoms. The number of ether oxygens (including phenoxy) is 1. The van der Waals surface area contributed by atoms with Crippen LogP contribution in [0.2, 0.25) is 0 Å². The van der Waals surface area contributed by atoms with Gasteiger partial charge in [-0.3, -0.25) is 10.1 Å². The van der Waals surface area contributed by atoms with Crippen molar-refractivity contribution < 1.29 is 9.53 Å². The lowest BCUT2D eigenvalue weighted by molar-refractivity contribution is -0.133. The third-order valence-corrected chi connectivity index (χ3v) is 4.29. The van der Waals surface area contributed by atoms with Gasteiger partial charge < -0.3 is 9.64 Å². The zero-order valence-corrected chi connectivity index (χ0v) is 11.9. The highest BCUT2D eigenvalue weighted by Crippen LogP contribution is 2.37. The average Bonchev–Trinajstić information content (AvgIpc) is 2.91. The monoisotopic (exact) mass is 254 g/mol. The normalized spacial score (nSPS) is 28.3. The Hall–Kier alpha value is -0.610. The second kappa shape index (κ2) is 5.57. The topological polar surface area (TPSA) is 41.6 Å². The molecule has 18 heavy (non-hydrogen) atoms. The van der Waals surface area contributed by atoms with Crippen molar-refractivity contribution in [2.24, 2.45) is 5.92 Å². The molecule has 1 amide bonds. The molecule has 1 aliphatic heterocycles. The van der Waals surface area contributed by atoms with E-state index in [0.717, 1.165) is 25.8 Å². The van der Waals surface area contributed by atoms with Crippen molar-refractivity contribution in [2.45, 2.75) is 57.7 Å². The number of nitrogens with zero attached hydrogens (tertiary/aromatic N) is 1. The minimum Gasteiger partial charge on any atom is -0.384 e. The van der Waals surface area contributed by atoms with E-state index in [-0.39, 0.29) is 11.7 Å². The summed E-state index contributed by atoms with van der Waals surface area (Å²) < 4.78 is 5.18. The van der Waals surface area contributed by atoms with E-state index in [1.165, 1.54) is 12.8 Å². The zero-order valence-electron chi connectivity index (χ0n) is 11.9. The smallest absolute Gasteiger partial charge is 0.244 e. The van der Waals surface area contributed by atoms with Gasteiger partial charge in [-0.05, 0) is 25.2 Å². The third kappa shape index (κ3) is 2.41. The molecule has 0 aromatic carbocycles. The van der Waals surface area contributed by atoms with E-state index in [0.29, 0.717) is 18.4 Å². The van der Waals surface area contributed by atoms with E-state index >= 15 is 0 Å². The fraction of sp³-hybridized carbons (Fsp3) is 0.929. The Balaban J connectivity index is 2.06. The molecule has 0 bridgehead atoms. The Morgan fingerprint density at radius 2 is 2.17 bits per heavy atom. The predicted molar refractivity (Wildman–Crippen MR) is 71.2 cm³/mol. The first-order valence-electron chi connectivity index (χ1n) is 7.20. The van der Waals surface area contributed by atoms with Crippen LogP contribution in [0.3, 0.4) is 0 Å². The largest absolute Gasteiger partial charge is 0.384 e. The zero-order chi connectivity index (χ0) is 13.2. The number of methoxy groups -OCH3 is 1. The summed E-state index contributed by atoms with van der Waals surface area (Å²) in [6, 6.07) is 0. The van der Waals surface area contributed by atoms with Crippen LogP contribution in [0.15, 0.2) is 0 Å². The number of carbonyl (C=O) groups is 1. The molecule has 2 unspecified atom stereocenters. The van der Waals surface area contributed by atoms with Crippen molar-refractivity contribution in [1.29, 1.82) is 0 Å². The third-order valence-electron chi connectivity index (χ3n) is 4.29. The van der Waals surface area contributed by atoms with Crippen molar-refractivity contribution in [3.63, 3.8) is 0 Å². The molecule has 1 heterocycles. The molecule has 1 saturated heterocycles. The van der Waals surface area contributed by atoms with Gasteiger partial charge in [0.05, 0.1) is 18.3 Å². The maximum absolute atomic E-state index is 12.7. The second-order valence-corrected chi connectivity index (χ2v) is 5.88. The van der Waals surface area contributed by atoms with Crippen molar-refractivity contribution >= 4 is 5.91 Å².